The summed E-state index contributed by atoms with van der Waals surface area (Å²) in [6, 6.07) is 7.35. The van der Waals surface area contributed by atoms with Gasteiger partial charge in [0, 0.05) is 5.39 Å². The molecule has 2 rings (SSSR count). The predicted molar refractivity (Wildman–Crippen MR) is 75.5 cm³/mol. The molecule has 0 radical (unpaired) electrons. The van der Waals surface area contributed by atoms with Crippen molar-refractivity contribution in [3.05, 3.63) is 51.8 Å². The Morgan fingerprint density at radius 2 is 2.05 bits per heavy atom. The molecule has 100 valence electrons. The van der Waals surface area contributed by atoms with E-state index in [0.29, 0.717) is 11.3 Å². The van der Waals surface area contributed by atoms with E-state index in [-0.39, 0.29) is 11.1 Å². The van der Waals surface area contributed by atoms with Crippen molar-refractivity contribution in [2.45, 2.75) is 20.0 Å². The van der Waals surface area contributed by atoms with E-state index < -0.39 is 6.10 Å². The molecule has 0 fully saturated rings. The van der Waals surface area contributed by atoms with Crippen LogP contribution in [0.5, 0.6) is 5.75 Å². The fourth-order valence-electron chi connectivity index (χ4n) is 2.12. The minimum atomic E-state index is -0.978. The molecule has 0 bridgehead atoms. The number of aromatic amines is 1. The zero-order valence-corrected chi connectivity index (χ0v) is 11.2. The van der Waals surface area contributed by atoms with Crippen molar-refractivity contribution >= 4 is 10.9 Å². The van der Waals surface area contributed by atoms with E-state index in [9.17, 15) is 9.90 Å². The Labute approximate surface area is 111 Å². The van der Waals surface area contributed by atoms with Crippen molar-refractivity contribution in [3.8, 4) is 5.75 Å². The minimum Gasteiger partial charge on any atom is -0.495 e. The molecule has 0 aliphatic heterocycles. The van der Waals surface area contributed by atoms with Gasteiger partial charge in [0.2, 0.25) is 0 Å². The number of benzene rings is 1. The van der Waals surface area contributed by atoms with Gasteiger partial charge in [0.1, 0.15) is 11.9 Å². The molecule has 0 spiro atoms. The maximum Gasteiger partial charge on any atom is 0.258 e. The average Bonchev–Trinajstić information content (AvgIpc) is 2.35. The van der Waals surface area contributed by atoms with Crippen molar-refractivity contribution in [3.63, 3.8) is 0 Å². The Hall–Kier alpha value is -2.07. The lowest BCUT2D eigenvalue weighted by Crippen LogP contribution is -2.17. The minimum absolute atomic E-state index is 0.238. The summed E-state index contributed by atoms with van der Waals surface area (Å²) in [5, 5.41) is 10.9. The van der Waals surface area contributed by atoms with Crippen LogP contribution in [0.4, 0.5) is 0 Å². The molecular formula is C15H17NO3. The Balaban J connectivity index is 2.76. The summed E-state index contributed by atoms with van der Waals surface area (Å²) < 4.78 is 5.33. The Morgan fingerprint density at radius 3 is 2.68 bits per heavy atom. The van der Waals surface area contributed by atoms with Crippen LogP contribution in [0, 0.1) is 0 Å². The van der Waals surface area contributed by atoms with Gasteiger partial charge in [0.25, 0.3) is 5.56 Å². The van der Waals surface area contributed by atoms with Crippen molar-refractivity contribution in [2.75, 3.05) is 7.11 Å². The van der Waals surface area contributed by atoms with Crippen LogP contribution in [0.15, 0.2) is 40.7 Å². The van der Waals surface area contributed by atoms with Gasteiger partial charge in [-0.15, -0.1) is 0 Å². The van der Waals surface area contributed by atoms with Crippen LogP contribution >= 0.6 is 0 Å². The molecule has 0 aliphatic rings. The number of aliphatic hydroxyl groups is 1. The molecule has 0 saturated carbocycles. The molecule has 1 atom stereocenters. The fraction of sp³-hybridized carbons (Fsp3) is 0.267. The largest absolute Gasteiger partial charge is 0.495 e. The predicted octanol–water partition coefficient (Wildman–Crippen LogP) is 2.54. The van der Waals surface area contributed by atoms with Gasteiger partial charge in [0.05, 0.1) is 18.2 Å². The first-order chi connectivity index (χ1) is 9.04. The highest BCUT2D eigenvalue weighted by Crippen LogP contribution is 2.30. The van der Waals surface area contributed by atoms with E-state index in [1.54, 1.807) is 12.1 Å². The molecule has 4 heteroatoms. The van der Waals surface area contributed by atoms with E-state index in [0.717, 1.165) is 11.0 Å². The highest BCUT2D eigenvalue weighted by atomic mass is 16.5. The van der Waals surface area contributed by atoms with Crippen LogP contribution in [0.25, 0.3) is 10.9 Å². The summed E-state index contributed by atoms with van der Waals surface area (Å²) in [6.45, 7) is 3.73. The van der Waals surface area contributed by atoms with Gasteiger partial charge in [-0.25, -0.2) is 0 Å². The van der Waals surface area contributed by atoms with Gasteiger partial charge in [-0.1, -0.05) is 23.8 Å². The van der Waals surface area contributed by atoms with E-state index in [1.807, 2.05) is 32.0 Å². The first kappa shape index (κ1) is 13.4. The van der Waals surface area contributed by atoms with Gasteiger partial charge in [0.15, 0.2) is 0 Å². The van der Waals surface area contributed by atoms with E-state index in [2.05, 4.69) is 4.98 Å². The molecule has 1 aromatic heterocycles. The van der Waals surface area contributed by atoms with E-state index in [1.165, 1.54) is 7.11 Å². The summed E-state index contributed by atoms with van der Waals surface area (Å²) in [7, 11) is 1.50. The molecule has 1 aromatic carbocycles. The third-order valence-corrected chi connectivity index (χ3v) is 2.90. The van der Waals surface area contributed by atoms with Gasteiger partial charge in [-0.2, -0.15) is 0 Å². The standard InChI is InChI=1S/C15H17NO3/c1-9(2)8-12(17)13-14(19-3)10-6-4-5-7-11(10)16-15(13)18/h4-8,12,17H,1-3H3,(H,16,18). The number of H-pyrrole nitrogens is 1. The molecule has 2 N–H and O–H groups in total. The topological polar surface area (TPSA) is 62.3 Å². The van der Waals surface area contributed by atoms with Crippen LogP contribution < -0.4 is 10.3 Å². The SMILES string of the molecule is COc1c(C(O)C=C(C)C)c(=O)[nH]c2ccccc12. The van der Waals surface area contributed by atoms with Gasteiger partial charge in [-0.3, -0.25) is 4.79 Å². The number of aromatic nitrogens is 1. The average molecular weight is 259 g/mol. The number of aliphatic hydroxyl groups excluding tert-OH is 1. The van der Waals surface area contributed by atoms with Crippen molar-refractivity contribution in [2.24, 2.45) is 0 Å². The van der Waals surface area contributed by atoms with Gasteiger partial charge >= 0.3 is 0 Å². The van der Waals surface area contributed by atoms with Crippen LogP contribution in [-0.4, -0.2) is 17.2 Å². The normalized spacial score (nSPS) is 12.2. The molecule has 19 heavy (non-hydrogen) atoms. The number of rotatable bonds is 3. The van der Waals surface area contributed by atoms with Crippen LogP contribution in [0.1, 0.15) is 25.5 Å². The Bertz CT molecular complexity index is 681. The lowest BCUT2D eigenvalue weighted by molar-refractivity contribution is 0.220. The van der Waals surface area contributed by atoms with Crippen LogP contribution in [0.3, 0.4) is 0 Å². The van der Waals surface area contributed by atoms with Crippen molar-refractivity contribution in [1.29, 1.82) is 0 Å². The zero-order valence-electron chi connectivity index (χ0n) is 11.2. The number of hydrogen-bond donors (Lipinski definition) is 2. The second-order valence-corrected chi connectivity index (χ2v) is 4.64. The number of nitrogens with one attached hydrogen (secondary N) is 1. The highest BCUT2D eigenvalue weighted by Gasteiger charge is 2.18. The summed E-state index contributed by atoms with van der Waals surface area (Å²) in [5.74, 6) is 0.421. The van der Waals surface area contributed by atoms with Crippen molar-refractivity contribution < 1.29 is 9.84 Å². The van der Waals surface area contributed by atoms with Crippen molar-refractivity contribution in [1.82, 2.24) is 4.98 Å². The number of hydrogen-bond acceptors (Lipinski definition) is 3. The van der Waals surface area contributed by atoms with Gasteiger partial charge in [-0.05, 0) is 26.0 Å². The number of fused-ring (bicyclic) bond motifs is 1. The third-order valence-electron chi connectivity index (χ3n) is 2.90. The smallest absolute Gasteiger partial charge is 0.258 e. The number of allylic oxidation sites excluding steroid dienone is 1. The molecule has 2 aromatic rings. The molecule has 0 amide bonds. The second-order valence-electron chi connectivity index (χ2n) is 4.64. The Morgan fingerprint density at radius 1 is 1.37 bits per heavy atom. The highest BCUT2D eigenvalue weighted by molar-refractivity contribution is 5.86. The van der Waals surface area contributed by atoms with Crippen LogP contribution in [0.2, 0.25) is 0 Å². The van der Waals surface area contributed by atoms with Crippen LogP contribution in [-0.2, 0) is 0 Å². The molecule has 1 unspecified atom stereocenters. The maximum atomic E-state index is 12.1. The second kappa shape index (κ2) is 5.28. The number of pyridine rings is 1. The quantitative estimate of drug-likeness (QED) is 0.833. The number of para-hydroxylation sites is 1. The van der Waals surface area contributed by atoms with Gasteiger partial charge < -0.3 is 14.8 Å². The zero-order chi connectivity index (χ0) is 14.0. The summed E-state index contributed by atoms with van der Waals surface area (Å²) in [6.07, 6.45) is 0.648. The molecule has 1 heterocycles. The van der Waals surface area contributed by atoms with E-state index in [4.69, 9.17) is 4.74 Å². The summed E-state index contributed by atoms with van der Waals surface area (Å²) in [4.78, 5) is 14.9. The lowest BCUT2D eigenvalue weighted by Gasteiger charge is -2.13. The monoisotopic (exact) mass is 259 g/mol. The summed E-state index contributed by atoms with van der Waals surface area (Å²) in [5.41, 5.74) is 1.53. The first-order valence-corrected chi connectivity index (χ1v) is 6.06. The third kappa shape index (κ3) is 2.53. The number of methoxy groups -OCH3 is 1. The van der Waals surface area contributed by atoms with E-state index >= 15 is 0 Å². The fourth-order valence-corrected chi connectivity index (χ4v) is 2.12. The summed E-state index contributed by atoms with van der Waals surface area (Å²) >= 11 is 0. The lowest BCUT2D eigenvalue weighted by atomic mass is 10.0. The molecule has 4 nitrogen and oxygen atoms in total. The molecule has 0 aliphatic carbocycles. The molecule has 0 saturated heterocycles. The number of ether oxygens (including phenoxy) is 1. The Kier molecular flexibility index (Phi) is 3.71. The molecular weight excluding hydrogens is 242 g/mol. The maximum absolute atomic E-state index is 12.1. The first-order valence-electron chi connectivity index (χ1n) is 6.06.